The van der Waals surface area contributed by atoms with Crippen molar-refractivity contribution in [2.45, 2.75) is 44.4 Å². The van der Waals surface area contributed by atoms with E-state index in [-0.39, 0.29) is 23.7 Å². The van der Waals surface area contributed by atoms with Crippen LogP contribution in [0.1, 0.15) is 36.8 Å². The van der Waals surface area contributed by atoms with Gasteiger partial charge in [-0.25, -0.2) is 8.42 Å². The summed E-state index contributed by atoms with van der Waals surface area (Å²) in [6.45, 7) is 5.59. The summed E-state index contributed by atoms with van der Waals surface area (Å²) in [6.07, 6.45) is 2.34. The third-order valence-corrected chi connectivity index (χ3v) is 9.03. The van der Waals surface area contributed by atoms with Crippen LogP contribution in [0.15, 0.2) is 53.4 Å². The fourth-order valence-corrected chi connectivity index (χ4v) is 6.63. The number of amides is 2. The Labute approximate surface area is 202 Å². The average Bonchev–Trinajstić information content (AvgIpc) is 2.84. The fraction of sp³-hybridized carbons (Fsp3) is 0.462. The third-order valence-electron chi connectivity index (χ3n) is 6.97. The minimum atomic E-state index is -3.56. The minimum absolute atomic E-state index is 0.00297. The highest BCUT2D eigenvalue weighted by Crippen LogP contribution is 2.28. The monoisotopic (exact) mass is 483 g/mol. The van der Waals surface area contributed by atoms with E-state index in [1.165, 1.54) is 4.31 Å². The number of benzene rings is 2. The first kappa shape index (κ1) is 24.4. The molecular weight excluding hydrogens is 450 g/mol. The van der Waals surface area contributed by atoms with Crippen LogP contribution in [0.4, 0.5) is 5.69 Å². The quantitative estimate of drug-likeness (QED) is 0.704. The molecule has 0 bridgehead atoms. The third kappa shape index (κ3) is 5.33. The number of hydrogen-bond donors (Lipinski definition) is 1. The molecule has 2 aromatic carbocycles. The molecule has 7 nitrogen and oxygen atoms in total. The van der Waals surface area contributed by atoms with Crippen LogP contribution >= 0.6 is 0 Å². The van der Waals surface area contributed by atoms with Crippen molar-refractivity contribution in [3.05, 3.63) is 59.7 Å². The molecule has 0 spiro atoms. The number of aryl methyl sites for hydroxylation is 2. The molecule has 0 radical (unpaired) electrons. The maximum atomic E-state index is 13.1. The zero-order chi connectivity index (χ0) is 24.3. The van der Waals surface area contributed by atoms with Gasteiger partial charge in [0, 0.05) is 43.7 Å². The van der Waals surface area contributed by atoms with Crippen LogP contribution in [0.5, 0.6) is 0 Å². The molecule has 0 aromatic heterocycles. The van der Waals surface area contributed by atoms with Gasteiger partial charge in [0.25, 0.3) is 0 Å². The van der Waals surface area contributed by atoms with Crippen molar-refractivity contribution in [1.82, 2.24) is 9.21 Å². The van der Waals surface area contributed by atoms with Gasteiger partial charge >= 0.3 is 0 Å². The van der Waals surface area contributed by atoms with Gasteiger partial charge in [0.05, 0.1) is 4.90 Å². The van der Waals surface area contributed by atoms with Gasteiger partial charge in [-0.3, -0.25) is 9.59 Å². The van der Waals surface area contributed by atoms with Crippen LogP contribution in [-0.4, -0.2) is 55.6 Å². The van der Waals surface area contributed by atoms with Crippen molar-refractivity contribution in [2.24, 2.45) is 11.8 Å². The number of carbonyl (C=O) groups excluding carboxylic acids is 2. The first-order valence-electron chi connectivity index (χ1n) is 12.0. The van der Waals surface area contributed by atoms with Gasteiger partial charge in [-0.15, -0.1) is 0 Å². The first-order chi connectivity index (χ1) is 16.3. The smallest absolute Gasteiger partial charge is 0.243 e. The summed E-state index contributed by atoms with van der Waals surface area (Å²) >= 11 is 0. The Morgan fingerprint density at radius 3 is 2.09 bits per heavy atom. The molecule has 0 atom stereocenters. The molecule has 1 N–H and O–H groups in total. The Morgan fingerprint density at radius 2 is 1.47 bits per heavy atom. The highest BCUT2D eigenvalue weighted by Gasteiger charge is 2.36. The van der Waals surface area contributed by atoms with E-state index in [9.17, 15) is 18.0 Å². The van der Waals surface area contributed by atoms with Gasteiger partial charge in [-0.05, 0) is 63.3 Å². The lowest BCUT2D eigenvalue weighted by Crippen LogP contribution is -2.47. The van der Waals surface area contributed by atoms with E-state index < -0.39 is 10.0 Å². The number of carbonyl (C=O) groups is 2. The number of nitrogens with one attached hydrogen (secondary N) is 1. The van der Waals surface area contributed by atoms with E-state index >= 15 is 0 Å². The molecular formula is C26H33N3O4S. The molecule has 2 aliphatic heterocycles. The van der Waals surface area contributed by atoms with Crippen LogP contribution in [0.25, 0.3) is 0 Å². The summed E-state index contributed by atoms with van der Waals surface area (Å²) in [4.78, 5) is 27.9. The normalized spacial score (nSPS) is 18.6. The van der Waals surface area contributed by atoms with Gasteiger partial charge in [-0.1, -0.05) is 35.9 Å². The summed E-state index contributed by atoms with van der Waals surface area (Å²) in [5.74, 6) is -0.178. The van der Waals surface area contributed by atoms with Crippen molar-refractivity contribution in [1.29, 1.82) is 0 Å². The second kappa shape index (κ2) is 10.3. The second-order valence-electron chi connectivity index (χ2n) is 9.40. The molecule has 8 heteroatoms. The fourth-order valence-electron chi connectivity index (χ4n) is 4.96. The molecule has 0 unspecified atom stereocenters. The van der Waals surface area contributed by atoms with E-state index in [1.807, 2.05) is 61.2 Å². The molecule has 4 rings (SSSR count). The van der Waals surface area contributed by atoms with Gasteiger partial charge < -0.3 is 10.2 Å². The summed E-state index contributed by atoms with van der Waals surface area (Å²) in [7, 11) is -3.56. The van der Waals surface area contributed by atoms with Crippen LogP contribution in [-0.2, 0) is 19.6 Å². The summed E-state index contributed by atoms with van der Waals surface area (Å²) < 4.78 is 27.8. The predicted octanol–water partition coefficient (Wildman–Crippen LogP) is 3.58. The van der Waals surface area contributed by atoms with Crippen LogP contribution in [0.3, 0.4) is 0 Å². The lowest BCUT2D eigenvalue weighted by molar-refractivity contribution is -0.139. The highest BCUT2D eigenvalue weighted by molar-refractivity contribution is 7.89. The Kier molecular flexibility index (Phi) is 7.38. The molecule has 2 saturated heterocycles. The molecule has 2 heterocycles. The van der Waals surface area contributed by atoms with Gasteiger partial charge in [-0.2, -0.15) is 4.31 Å². The Bertz CT molecular complexity index is 1130. The van der Waals surface area contributed by atoms with Gasteiger partial charge in [0.15, 0.2) is 0 Å². The van der Waals surface area contributed by atoms with Crippen molar-refractivity contribution in [3.8, 4) is 0 Å². The zero-order valence-corrected chi connectivity index (χ0v) is 20.7. The van der Waals surface area contributed by atoms with E-state index in [0.717, 1.165) is 16.8 Å². The number of anilines is 1. The number of para-hydroxylation sites is 1. The predicted molar refractivity (Wildman–Crippen MR) is 132 cm³/mol. The van der Waals surface area contributed by atoms with Crippen LogP contribution < -0.4 is 5.32 Å². The van der Waals surface area contributed by atoms with Crippen LogP contribution in [0, 0.1) is 25.7 Å². The molecule has 0 aliphatic carbocycles. The number of rotatable bonds is 5. The van der Waals surface area contributed by atoms with Gasteiger partial charge in [0.2, 0.25) is 21.8 Å². The summed E-state index contributed by atoms with van der Waals surface area (Å²) in [6, 6.07) is 14.8. The standard InChI is InChI=1S/C26H33N3O4S/c1-19-8-9-24(20(2)18-19)34(32,33)29-16-12-22(13-17-29)26(31)28-14-10-21(11-15-28)25(30)27-23-6-4-3-5-7-23/h3-9,18,21-22H,10-17H2,1-2H3,(H,27,30). The van der Waals surface area contributed by atoms with E-state index in [1.54, 1.807) is 6.07 Å². The summed E-state index contributed by atoms with van der Waals surface area (Å²) in [5.41, 5.74) is 2.56. The lowest BCUT2D eigenvalue weighted by atomic mass is 9.92. The Morgan fingerprint density at radius 1 is 0.853 bits per heavy atom. The van der Waals surface area contributed by atoms with E-state index in [0.29, 0.717) is 56.8 Å². The Hall–Kier alpha value is -2.71. The van der Waals surface area contributed by atoms with Crippen LogP contribution in [0.2, 0.25) is 0 Å². The molecule has 34 heavy (non-hydrogen) atoms. The zero-order valence-electron chi connectivity index (χ0n) is 19.9. The Balaban J connectivity index is 1.28. The molecule has 0 saturated carbocycles. The van der Waals surface area contributed by atoms with Crippen molar-refractivity contribution in [2.75, 3.05) is 31.5 Å². The number of piperidine rings is 2. The first-order valence-corrected chi connectivity index (χ1v) is 13.4. The lowest BCUT2D eigenvalue weighted by Gasteiger charge is -2.36. The maximum Gasteiger partial charge on any atom is 0.243 e. The molecule has 182 valence electrons. The topological polar surface area (TPSA) is 86.8 Å². The molecule has 2 aromatic rings. The number of hydrogen-bond acceptors (Lipinski definition) is 4. The molecule has 2 aliphatic rings. The van der Waals surface area contributed by atoms with E-state index in [4.69, 9.17) is 0 Å². The number of nitrogens with zero attached hydrogens (tertiary/aromatic N) is 2. The number of sulfonamides is 1. The highest BCUT2D eigenvalue weighted by atomic mass is 32.2. The molecule has 2 amide bonds. The van der Waals surface area contributed by atoms with E-state index in [2.05, 4.69) is 5.32 Å². The molecule has 2 fully saturated rings. The van der Waals surface area contributed by atoms with Crippen molar-refractivity contribution < 1.29 is 18.0 Å². The van der Waals surface area contributed by atoms with Crippen molar-refractivity contribution in [3.63, 3.8) is 0 Å². The average molecular weight is 484 g/mol. The second-order valence-corrected chi connectivity index (χ2v) is 11.3. The van der Waals surface area contributed by atoms with Gasteiger partial charge in [0.1, 0.15) is 0 Å². The summed E-state index contributed by atoms with van der Waals surface area (Å²) in [5, 5.41) is 2.95. The SMILES string of the molecule is Cc1ccc(S(=O)(=O)N2CCC(C(=O)N3CCC(C(=O)Nc4ccccc4)CC3)CC2)c(C)c1. The number of likely N-dealkylation sites (tertiary alicyclic amines) is 1. The maximum absolute atomic E-state index is 13.1. The minimum Gasteiger partial charge on any atom is -0.342 e. The largest absolute Gasteiger partial charge is 0.342 e. The van der Waals surface area contributed by atoms with Crippen molar-refractivity contribution >= 4 is 27.5 Å².